The molecule has 0 aliphatic heterocycles. The summed E-state index contributed by atoms with van der Waals surface area (Å²) in [5, 5.41) is 0. The van der Waals surface area contributed by atoms with Crippen molar-refractivity contribution in [3.05, 3.63) is 36.8 Å². The first kappa shape index (κ1) is 6.76. The molecule has 49 valence electrons. The molecule has 0 aliphatic rings. The van der Waals surface area contributed by atoms with Gasteiger partial charge >= 0.3 is 0 Å². The van der Waals surface area contributed by atoms with Crippen LogP contribution in [0.15, 0.2) is 18.5 Å². The van der Waals surface area contributed by atoms with Crippen molar-refractivity contribution in [2.24, 2.45) is 0 Å². The third-order valence-corrected chi connectivity index (χ3v) is 0.938. The SMILES string of the molecule is [CH2]C#Cc1cncc(F)c1. The molecule has 0 saturated heterocycles. The molecule has 0 unspecified atom stereocenters. The topological polar surface area (TPSA) is 12.9 Å². The van der Waals surface area contributed by atoms with E-state index in [-0.39, 0.29) is 5.82 Å². The van der Waals surface area contributed by atoms with Crippen LogP contribution in [0, 0.1) is 24.6 Å². The molecule has 1 aromatic heterocycles. The summed E-state index contributed by atoms with van der Waals surface area (Å²) >= 11 is 0. The maximum Gasteiger partial charge on any atom is 0.142 e. The number of hydrogen-bond donors (Lipinski definition) is 0. The van der Waals surface area contributed by atoms with Crippen LogP contribution in [-0.4, -0.2) is 4.98 Å². The third kappa shape index (κ3) is 1.56. The van der Waals surface area contributed by atoms with Crippen molar-refractivity contribution in [3.8, 4) is 11.8 Å². The Kier molecular flexibility index (Phi) is 2.01. The van der Waals surface area contributed by atoms with Crippen LogP contribution in [-0.2, 0) is 0 Å². The van der Waals surface area contributed by atoms with Gasteiger partial charge in [0.15, 0.2) is 0 Å². The van der Waals surface area contributed by atoms with Crippen LogP contribution in [0.25, 0.3) is 0 Å². The van der Waals surface area contributed by atoms with Crippen LogP contribution in [0.2, 0.25) is 0 Å². The van der Waals surface area contributed by atoms with Gasteiger partial charge in [-0.05, 0) is 6.07 Å². The Hall–Kier alpha value is -1.36. The van der Waals surface area contributed by atoms with E-state index in [1.807, 2.05) is 0 Å². The predicted molar refractivity (Wildman–Crippen MR) is 36.4 cm³/mol. The smallest absolute Gasteiger partial charge is 0.142 e. The summed E-state index contributed by atoms with van der Waals surface area (Å²) in [6.07, 6.45) is 2.62. The van der Waals surface area contributed by atoms with E-state index in [1.54, 1.807) is 0 Å². The summed E-state index contributed by atoms with van der Waals surface area (Å²) in [4.78, 5) is 3.60. The normalized spacial score (nSPS) is 8.20. The number of hydrogen-bond acceptors (Lipinski definition) is 1. The van der Waals surface area contributed by atoms with E-state index < -0.39 is 0 Å². The Morgan fingerprint density at radius 2 is 2.30 bits per heavy atom. The highest BCUT2D eigenvalue weighted by Gasteiger charge is 1.89. The standard InChI is InChI=1S/C8H5FN/c1-2-3-7-4-8(9)6-10-5-7/h4-6H,1H2. The molecule has 0 aromatic carbocycles. The molecule has 0 atom stereocenters. The van der Waals surface area contributed by atoms with Crippen molar-refractivity contribution in [2.45, 2.75) is 0 Å². The zero-order valence-corrected chi connectivity index (χ0v) is 5.26. The summed E-state index contributed by atoms with van der Waals surface area (Å²) in [5.74, 6) is 4.61. The molecule has 0 aliphatic carbocycles. The van der Waals surface area contributed by atoms with Gasteiger partial charge in [0.25, 0.3) is 0 Å². The minimum atomic E-state index is -0.375. The fourth-order valence-electron chi connectivity index (χ4n) is 0.582. The molecule has 1 radical (unpaired) electrons. The van der Waals surface area contributed by atoms with Gasteiger partial charge in [0.1, 0.15) is 5.82 Å². The molecule has 1 heterocycles. The van der Waals surface area contributed by atoms with Crippen molar-refractivity contribution in [2.75, 3.05) is 0 Å². The van der Waals surface area contributed by atoms with Crippen LogP contribution in [0.1, 0.15) is 5.56 Å². The highest BCUT2D eigenvalue weighted by molar-refractivity contribution is 5.32. The predicted octanol–water partition coefficient (Wildman–Crippen LogP) is 1.41. The van der Waals surface area contributed by atoms with Crippen LogP contribution < -0.4 is 0 Å². The van der Waals surface area contributed by atoms with Gasteiger partial charge in [-0.15, -0.1) is 0 Å². The van der Waals surface area contributed by atoms with Gasteiger partial charge < -0.3 is 0 Å². The van der Waals surface area contributed by atoms with E-state index in [0.29, 0.717) is 5.56 Å². The summed E-state index contributed by atoms with van der Waals surface area (Å²) < 4.78 is 12.3. The number of aromatic nitrogens is 1. The Bertz CT molecular complexity index is 283. The summed E-state index contributed by atoms with van der Waals surface area (Å²) in [5.41, 5.74) is 0.551. The molecule has 1 aromatic rings. The molecule has 0 saturated carbocycles. The van der Waals surface area contributed by atoms with Gasteiger partial charge in [-0.3, -0.25) is 4.98 Å². The van der Waals surface area contributed by atoms with E-state index in [0.717, 1.165) is 6.20 Å². The second kappa shape index (κ2) is 2.98. The van der Waals surface area contributed by atoms with Crippen LogP contribution in [0.5, 0.6) is 0 Å². The number of rotatable bonds is 0. The number of nitrogens with zero attached hydrogens (tertiary/aromatic N) is 1. The van der Waals surface area contributed by atoms with Gasteiger partial charge in [0.2, 0.25) is 0 Å². The minimum Gasteiger partial charge on any atom is -0.260 e. The van der Waals surface area contributed by atoms with E-state index >= 15 is 0 Å². The molecule has 1 rings (SSSR count). The Balaban J connectivity index is 3.03. The van der Waals surface area contributed by atoms with Gasteiger partial charge in [0.05, 0.1) is 6.20 Å². The summed E-state index contributed by atoms with van der Waals surface area (Å²) in [7, 11) is 0. The first-order valence-electron chi connectivity index (χ1n) is 2.71. The van der Waals surface area contributed by atoms with Gasteiger partial charge in [-0.1, -0.05) is 11.8 Å². The fourth-order valence-corrected chi connectivity index (χ4v) is 0.582. The zero-order valence-electron chi connectivity index (χ0n) is 5.26. The number of halogens is 1. The van der Waals surface area contributed by atoms with Crippen LogP contribution in [0.4, 0.5) is 4.39 Å². The van der Waals surface area contributed by atoms with Crippen molar-refractivity contribution >= 4 is 0 Å². The molecule has 0 amide bonds. The molecule has 0 bridgehead atoms. The third-order valence-electron chi connectivity index (χ3n) is 0.938. The van der Waals surface area contributed by atoms with Crippen molar-refractivity contribution in [1.82, 2.24) is 4.98 Å². The maximum atomic E-state index is 12.3. The second-order valence-electron chi connectivity index (χ2n) is 1.69. The van der Waals surface area contributed by atoms with Crippen molar-refractivity contribution in [1.29, 1.82) is 0 Å². The Labute approximate surface area is 58.9 Å². The largest absolute Gasteiger partial charge is 0.260 e. The lowest BCUT2D eigenvalue weighted by molar-refractivity contribution is 0.621. The Morgan fingerprint density at radius 1 is 1.50 bits per heavy atom. The highest BCUT2D eigenvalue weighted by atomic mass is 19.1. The molecule has 10 heavy (non-hydrogen) atoms. The average Bonchev–Trinajstić information content (AvgIpc) is 1.88. The molecule has 2 heteroatoms. The lowest BCUT2D eigenvalue weighted by Crippen LogP contribution is -1.80. The van der Waals surface area contributed by atoms with Gasteiger partial charge in [-0.25, -0.2) is 4.39 Å². The van der Waals surface area contributed by atoms with E-state index in [4.69, 9.17) is 0 Å². The maximum absolute atomic E-state index is 12.3. The zero-order chi connectivity index (χ0) is 7.40. The average molecular weight is 134 g/mol. The molecular formula is C8H5FN. The van der Waals surface area contributed by atoms with Crippen molar-refractivity contribution in [3.63, 3.8) is 0 Å². The quantitative estimate of drug-likeness (QED) is 0.489. The van der Waals surface area contributed by atoms with Gasteiger partial charge in [0, 0.05) is 18.7 Å². The lowest BCUT2D eigenvalue weighted by atomic mass is 10.3. The molecule has 0 N–H and O–H groups in total. The van der Waals surface area contributed by atoms with Crippen molar-refractivity contribution < 1.29 is 4.39 Å². The van der Waals surface area contributed by atoms with Crippen LogP contribution in [0.3, 0.4) is 0 Å². The minimum absolute atomic E-state index is 0.375. The van der Waals surface area contributed by atoms with E-state index in [1.165, 1.54) is 12.3 Å². The molecule has 0 fully saturated rings. The van der Waals surface area contributed by atoms with Crippen LogP contribution >= 0.6 is 0 Å². The van der Waals surface area contributed by atoms with Gasteiger partial charge in [-0.2, -0.15) is 0 Å². The van der Waals surface area contributed by atoms with E-state index in [9.17, 15) is 4.39 Å². The highest BCUT2D eigenvalue weighted by Crippen LogP contribution is 1.97. The summed E-state index contributed by atoms with van der Waals surface area (Å²) in [6, 6.07) is 1.31. The Morgan fingerprint density at radius 3 is 2.90 bits per heavy atom. The lowest BCUT2D eigenvalue weighted by Gasteiger charge is -1.87. The first-order chi connectivity index (χ1) is 4.83. The second-order valence-corrected chi connectivity index (χ2v) is 1.69. The molecular weight excluding hydrogens is 129 g/mol. The molecule has 0 spiro atoms. The first-order valence-corrected chi connectivity index (χ1v) is 2.71. The molecule has 1 nitrogen and oxygen atoms in total. The van der Waals surface area contributed by atoms with E-state index in [2.05, 4.69) is 23.7 Å². The fraction of sp³-hybridized carbons (Fsp3) is 0. The monoisotopic (exact) mass is 134 g/mol. The number of pyridine rings is 1. The summed E-state index contributed by atoms with van der Waals surface area (Å²) in [6.45, 7) is 3.30.